The monoisotopic (exact) mass is 443 g/mol. The number of rotatable bonds is 4. The van der Waals surface area contributed by atoms with Gasteiger partial charge in [-0.25, -0.2) is 0 Å². The van der Waals surface area contributed by atoms with Crippen LogP contribution in [0.2, 0.25) is 0 Å². The van der Waals surface area contributed by atoms with Crippen LogP contribution in [0.25, 0.3) is 0 Å². The molecule has 0 aromatic heterocycles. The number of carbonyl (C=O) groups is 2. The lowest BCUT2D eigenvalue weighted by molar-refractivity contribution is -0.145. The molecule has 4 fully saturated rings. The van der Waals surface area contributed by atoms with Crippen molar-refractivity contribution in [1.29, 1.82) is 0 Å². The third-order valence-corrected chi connectivity index (χ3v) is 10.7. The fourth-order valence-corrected chi connectivity index (χ4v) is 8.62. The van der Waals surface area contributed by atoms with Crippen LogP contribution in [0, 0.1) is 28.6 Å². The zero-order chi connectivity index (χ0) is 23.1. The highest BCUT2D eigenvalue weighted by Gasteiger charge is 2.67. The minimum absolute atomic E-state index is 0.104. The SMILES string of the molecule is CCC(=O)N(C1CC1)C(C)C1CC[C@@]2(O)C3=CC(=O)C4CC(O)CCC4(C)C3CCC12C. The van der Waals surface area contributed by atoms with Gasteiger partial charge in [0.2, 0.25) is 5.91 Å². The summed E-state index contributed by atoms with van der Waals surface area (Å²) in [6.45, 7) is 8.59. The summed E-state index contributed by atoms with van der Waals surface area (Å²) < 4.78 is 0. The second-order valence-corrected chi connectivity index (χ2v) is 12.1. The van der Waals surface area contributed by atoms with E-state index in [9.17, 15) is 19.8 Å². The molecule has 0 saturated heterocycles. The van der Waals surface area contributed by atoms with Crippen LogP contribution in [0.1, 0.15) is 91.9 Å². The molecule has 0 aromatic carbocycles. The van der Waals surface area contributed by atoms with Crippen molar-refractivity contribution in [3.63, 3.8) is 0 Å². The average molecular weight is 444 g/mol. The summed E-state index contributed by atoms with van der Waals surface area (Å²) in [5.74, 6) is 0.654. The molecule has 5 aliphatic rings. The quantitative estimate of drug-likeness (QED) is 0.688. The lowest BCUT2D eigenvalue weighted by Crippen LogP contribution is -2.60. The van der Waals surface area contributed by atoms with E-state index in [2.05, 4.69) is 25.7 Å². The number of allylic oxidation sites excluding steroid dienone is 1. The molecule has 0 bridgehead atoms. The van der Waals surface area contributed by atoms with Gasteiger partial charge in [0.15, 0.2) is 5.78 Å². The molecule has 5 nitrogen and oxygen atoms in total. The van der Waals surface area contributed by atoms with Crippen molar-refractivity contribution in [1.82, 2.24) is 4.90 Å². The summed E-state index contributed by atoms with van der Waals surface area (Å²) >= 11 is 0. The molecule has 7 unspecified atom stereocenters. The van der Waals surface area contributed by atoms with E-state index >= 15 is 0 Å². The molecule has 32 heavy (non-hydrogen) atoms. The maximum Gasteiger partial charge on any atom is 0.222 e. The Bertz CT molecular complexity index is 849. The number of amides is 1. The molecule has 1 amide bonds. The summed E-state index contributed by atoms with van der Waals surface area (Å²) in [7, 11) is 0. The van der Waals surface area contributed by atoms with E-state index in [1.54, 1.807) is 6.08 Å². The topological polar surface area (TPSA) is 77.8 Å². The van der Waals surface area contributed by atoms with Crippen LogP contribution >= 0.6 is 0 Å². The van der Waals surface area contributed by atoms with Gasteiger partial charge in [0.05, 0.1) is 11.7 Å². The van der Waals surface area contributed by atoms with Crippen LogP contribution < -0.4 is 0 Å². The van der Waals surface area contributed by atoms with E-state index < -0.39 is 5.60 Å². The molecule has 178 valence electrons. The predicted octanol–water partition coefficient (Wildman–Crippen LogP) is 4.01. The van der Waals surface area contributed by atoms with Crippen molar-refractivity contribution in [2.45, 2.75) is 116 Å². The summed E-state index contributed by atoms with van der Waals surface area (Å²) in [5, 5.41) is 22.5. The highest BCUT2D eigenvalue weighted by molar-refractivity contribution is 5.95. The van der Waals surface area contributed by atoms with Crippen LogP contribution in [0.15, 0.2) is 11.6 Å². The number of aliphatic hydroxyl groups is 2. The number of ketones is 1. The molecule has 5 rings (SSSR count). The van der Waals surface area contributed by atoms with Crippen molar-refractivity contribution < 1.29 is 19.8 Å². The molecule has 5 aliphatic carbocycles. The fourth-order valence-electron chi connectivity index (χ4n) is 8.62. The van der Waals surface area contributed by atoms with Gasteiger partial charge >= 0.3 is 0 Å². The Kier molecular flexibility index (Phi) is 5.22. The van der Waals surface area contributed by atoms with E-state index in [1.807, 2.05) is 6.92 Å². The van der Waals surface area contributed by atoms with Gasteiger partial charge in [-0.1, -0.05) is 20.8 Å². The first-order valence-corrected chi connectivity index (χ1v) is 13.0. The molecule has 8 atom stereocenters. The minimum Gasteiger partial charge on any atom is -0.393 e. The third kappa shape index (κ3) is 2.95. The number of aliphatic hydroxyl groups excluding tert-OH is 1. The molecule has 5 heteroatoms. The summed E-state index contributed by atoms with van der Waals surface area (Å²) in [6, 6.07) is 0.480. The van der Waals surface area contributed by atoms with Crippen LogP contribution in [0.5, 0.6) is 0 Å². The Balaban J connectivity index is 1.49. The maximum atomic E-state index is 13.3. The van der Waals surface area contributed by atoms with Crippen LogP contribution in [-0.4, -0.2) is 50.6 Å². The zero-order valence-corrected chi connectivity index (χ0v) is 20.3. The number of nitrogens with zero attached hydrogens (tertiary/aromatic N) is 1. The standard InChI is InChI=1S/C27H41NO4/c1-5-24(31)28(17-6-7-17)16(2)19-10-13-27(32)21-15-23(30)22-14-18(29)8-11-25(22,3)20(21)9-12-26(19,27)4/h15-20,22,29,32H,5-14H2,1-4H3/t16?,18?,19?,20?,22?,25?,26?,27-/m1/s1. The van der Waals surface area contributed by atoms with Crippen molar-refractivity contribution >= 4 is 11.7 Å². The first kappa shape index (κ1) is 22.6. The number of hydrogen-bond acceptors (Lipinski definition) is 4. The second kappa shape index (κ2) is 7.40. The van der Waals surface area contributed by atoms with Gasteiger partial charge in [0.25, 0.3) is 0 Å². The van der Waals surface area contributed by atoms with Gasteiger partial charge < -0.3 is 15.1 Å². The Morgan fingerprint density at radius 2 is 1.84 bits per heavy atom. The zero-order valence-electron chi connectivity index (χ0n) is 20.3. The second-order valence-electron chi connectivity index (χ2n) is 12.1. The van der Waals surface area contributed by atoms with Gasteiger partial charge in [-0.2, -0.15) is 0 Å². The predicted molar refractivity (Wildman–Crippen MR) is 123 cm³/mol. The lowest BCUT2D eigenvalue weighted by atomic mass is 9.46. The summed E-state index contributed by atoms with van der Waals surface area (Å²) in [5.41, 5.74) is -0.493. The summed E-state index contributed by atoms with van der Waals surface area (Å²) in [6.07, 6.45) is 9.75. The highest BCUT2D eigenvalue weighted by atomic mass is 16.3. The Hall–Kier alpha value is -1.20. The molecule has 0 aliphatic heterocycles. The normalized spacial score (nSPS) is 46.6. The van der Waals surface area contributed by atoms with E-state index in [-0.39, 0.29) is 52.4 Å². The van der Waals surface area contributed by atoms with Crippen LogP contribution in [-0.2, 0) is 9.59 Å². The molecular formula is C27H41NO4. The minimum atomic E-state index is -0.973. The molecule has 2 N–H and O–H groups in total. The van der Waals surface area contributed by atoms with Gasteiger partial charge in [-0.3, -0.25) is 9.59 Å². The fraction of sp³-hybridized carbons (Fsp3) is 0.852. The smallest absolute Gasteiger partial charge is 0.222 e. The molecule has 4 saturated carbocycles. The van der Waals surface area contributed by atoms with E-state index in [4.69, 9.17) is 0 Å². The lowest BCUT2D eigenvalue weighted by Gasteiger charge is -2.60. The van der Waals surface area contributed by atoms with Gasteiger partial charge in [-0.15, -0.1) is 0 Å². The Morgan fingerprint density at radius 3 is 2.50 bits per heavy atom. The van der Waals surface area contributed by atoms with Crippen molar-refractivity contribution in [3.8, 4) is 0 Å². The van der Waals surface area contributed by atoms with E-state index in [1.165, 1.54) is 0 Å². The number of fused-ring (bicyclic) bond motifs is 5. The van der Waals surface area contributed by atoms with Gasteiger partial charge in [-0.05, 0) is 93.6 Å². The summed E-state index contributed by atoms with van der Waals surface area (Å²) in [4.78, 5) is 28.2. The van der Waals surface area contributed by atoms with Crippen molar-refractivity contribution in [2.24, 2.45) is 28.6 Å². The third-order valence-electron chi connectivity index (χ3n) is 10.7. The van der Waals surface area contributed by atoms with Gasteiger partial charge in [0, 0.05) is 29.8 Å². The Morgan fingerprint density at radius 1 is 1.12 bits per heavy atom. The molecule has 0 radical (unpaired) electrons. The van der Waals surface area contributed by atoms with Crippen molar-refractivity contribution in [3.05, 3.63) is 11.6 Å². The molecule has 0 heterocycles. The molecular weight excluding hydrogens is 402 g/mol. The first-order chi connectivity index (χ1) is 15.1. The Labute approximate surface area is 192 Å². The van der Waals surface area contributed by atoms with Crippen LogP contribution in [0.3, 0.4) is 0 Å². The van der Waals surface area contributed by atoms with Crippen molar-refractivity contribution in [2.75, 3.05) is 0 Å². The molecule has 0 spiro atoms. The van der Waals surface area contributed by atoms with E-state index in [0.717, 1.165) is 50.5 Å². The van der Waals surface area contributed by atoms with Gasteiger partial charge in [0.1, 0.15) is 0 Å². The first-order valence-electron chi connectivity index (χ1n) is 13.0. The number of hydrogen-bond donors (Lipinski definition) is 2. The highest BCUT2D eigenvalue weighted by Crippen LogP contribution is 2.67. The maximum absolute atomic E-state index is 13.3. The average Bonchev–Trinajstić information content (AvgIpc) is 3.53. The van der Waals surface area contributed by atoms with Crippen LogP contribution in [0.4, 0.5) is 0 Å². The number of carbonyl (C=O) groups excluding carboxylic acids is 2. The van der Waals surface area contributed by atoms with E-state index in [0.29, 0.717) is 25.3 Å². The molecule has 0 aromatic rings. The largest absolute Gasteiger partial charge is 0.393 e.